The fourth-order valence-corrected chi connectivity index (χ4v) is 2.93. The molecular formula is C25H20N2O4. The Morgan fingerprint density at radius 2 is 1.81 bits per heavy atom. The third kappa shape index (κ3) is 5.58. The van der Waals surface area contributed by atoms with E-state index in [2.05, 4.69) is 5.32 Å². The zero-order valence-electron chi connectivity index (χ0n) is 16.8. The number of carboxylic acid groups (broad SMARTS) is 1. The van der Waals surface area contributed by atoms with Gasteiger partial charge in [-0.2, -0.15) is 5.26 Å². The molecule has 6 nitrogen and oxygen atoms in total. The zero-order valence-corrected chi connectivity index (χ0v) is 16.8. The summed E-state index contributed by atoms with van der Waals surface area (Å²) in [5, 5.41) is 21.5. The molecule has 0 spiro atoms. The summed E-state index contributed by atoms with van der Waals surface area (Å²) >= 11 is 0. The van der Waals surface area contributed by atoms with Crippen molar-refractivity contribution in [3.8, 4) is 11.8 Å². The Hall–Kier alpha value is -4.37. The Morgan fingerprint density at radius 3 is 2.55 bits per heavy atom. The van der Waals surface area contributed by atoms with E-state index in [1.54, 1.807) is 48.5 Å². The van der Waals surface area contributed by atoms with Crippen LogP contribution in [0.4, 0.5) is 5.69 Å². The first-order valence-corrected chi connectivity index (χ1v) is 9.51. The Bertz CT molecular complexity index is 1190. The number of ether oxygens (including phenoxy) is 1. The fourth-order valence-electron chi connectivity index (χ4n) is 2.93. The molecule has 0 atom stereocenters. The van der Waals surface area contributed by atoms with Gasteiger partial charge in [-0.3, -0.25) is 4.79 Å². The molecule has 31 heavy (non-hydrogen) atoms. The maximum absolute atomic E-state index is 12.5. The van der Waals surface area contributed by atoms with Gasteiger partial charge in [0.1, 0.15) is 24.0 Å². The van der Waals surface area contributed by atoms with Crippen LogP contribution >= 0.6 is 0 Å². The van der Waals surface area contributed by atoms with Crippen molar-refractivity contribution in [2.45, 2.75) is 13.5 Å². The van der Waals surface area contributed by atoms with Gasteiger partial charge in [-0.25, -0.2) is 4.79 Å². The Kier molecular flexibility index (Phi) is 6.82. The number of nitrogens with one attached hydrogen (secondary N) is 1. The van der Waals surface area contributed by atoms with E-state index in [0.29, 0.717) is 22.6 Å². The van der Waals surface area contributed by atoms with Crippen molar-refractivity contribution in [1.82, 2.24) is 0 Å². The van der Waals surface area contributed by atoms with Crippen molar-refractivity contribution in [3.05, 3.63) is 101 Å². The average molecular weight is 412 g/mol. The number of aromatic carboxylic acids is 1. The van der Waals surface area contributed by atoms with Crippen LogP contribution in [0.1, 0.15) is 27.0 Å². The van der Waals surface area contributed by atoms with Gasteiger partial charge in [0.2, 0.25) is 0 Å². The lowest BCUT2D eigenvalue weighted by Gasteiger charge is -2.10. The molecule has 1 amide bonds. The normalized spacial score (nSPS) is 10.8. The van der Waals surface area contributed by atoms with Gasteiger partial charge in [-0.1, -0.05) is 48.5 Å². The molecule has 0 saturated carbocycles. The summed E-state index contributed by atoms with van der Waals surface area (Å²) in [6.07, 6.45) is 1.48. The number of amides is 1. The Balaban J connectivity index is 1.75. The number of carbonyl (C=O) groups is 2. The molecule has 0 aliphatic rings. The molecule has 3 rings (SSSR count). The molecule has 0 bridgehead atoms. The van der Waals surface area contributed by atoms with Gasteiger partial charge < -0.3 is 15.2 Å². The van der Waals surface area contributed by atoms with E-state index in [0.717, 1.165) is 5.56 Å². The number of hydrogen-bond donors (Lipinski definition) is 2. The standard InChI is InChI=1S/C25H20N2O4/c1-17-7-2-5-12-23(17)27-24(28)20(15-26)13-18-8-6-10-21(14-18)31-16-19-9-3-4-11-22(19)25(29)30/h2-14H,16H2,1H3,(H,27,28)(H,29,30)/b20-13+. The first-order valence-electron chi connectivity index (χ1n) is 9.51. The Labute approximate surface area is 180 Å². The van der Waals surface area contributed by atoms with Crippen LogP contribution in [0.3, 0.4) is 0 Å². The summed E-state index contributed by atoms with van der Waals surface area (Å²) in [5.41, 5.74) is 2.83. The highest BCUT2D eigenvalue weighted by atomic mass is 16.5. The zero-order chi connectivity index (χ0) is 22.2. The molecule has 0 fully saturated rings. The van der Waals surface area contributed by atoms with E-state index in [-0.39, 0.29) is 17.7 Å². The predicted octanol–water partition coefficient (Wildman–Crippen LogP) is 4.82. The van der Waals surface area contributed by atoms with Gasteiger partial charge in [0.25, 0.3) is 5.91 Å². The van der Waals surface area contributed by atoms with Gasteiger partial charge in [0.15, 0.2) is 0 Å². The molecule has 2 N–H and O–H groups in total. The number of hydrogen-bond acceptors (Lipinski definition) is 4. The Morgan fingerprint density at radius 1 is 1.06 bits per heavy atom. The number of aryl methyl sites for hydroxylation is 1. The molecule has 0 radical (unpaired) electrons. The molecule has 0 aliphatic heterocycles. The average Bonchev–Trinajstić information content (AvgIpc) is 2.78. The third-order valence-electron chi connectivity index (χ3n) is 4.57. The monoisotopic (exact) mass is 412 g/mol. The number of carboxylic acids is 1. The van der Waals surface area contributed by atoms with Crippen LogP contribution in [-0.2, 0) is 11.4 Å². The summed E-state index contributed by atoms with van der Waals surface area (Å²) in [5.74, 6) is -1.03. The van der Waals surface area contributed by atoms with Crippen LogP contribution in [0.5, 0.6) is 5.75 Å². The van der Waals surface area contributed by atoms with Crippen LogP contribution < -0.4 is 10.1 Å². The number of nitriles is 1. The molecule has 0 heterocycles. The highest BCUT2D eigenvalue weighted by Gasteiger charge is 2.12. The van der Waals surface area contributed by atoms with Gasteiger partial charge in [-0.15, -0.1) is 0 Å². The van der Waals surface area contributed by atoms with E-state index < -0.39 is 11.9 Å². The maximum atomic E-state index is 12.5. The van der Waals surface area contributed by atoms with Crippen LogP contribution in [0.25, 0.3) is 6.08 Å². The van der Waals surface area contributed by atoms with Crippen LogP contribution in [0, 0.1) is 18.3 Å². The summed E-state index contributed by atoms with van der Waals surface area (Å²) < 4.78 is 5.73. The molecule has 6 heteroatoms. The largest absolute Gasteiger partial charge is 0.489 e. The van der Waals surface area contributed by atoms with Crippen LogP contribution in [0.2, 0.25) is 0 Å². The van der Waals surface area contributed by atoms with Crippen molar-refractivity contribution in [2.24, 2.45) is 0 Å². The molecule has 3 aromatic carbocycles. The van der Waals surface area contributed by atoms with Crippen molar-refractivity contribution in [2.75, 3.05) is 5.32 Å². The number of nitrogens with zero attached hydrogens (tertiary/aromatic N) is 1. The van der Waals surface area contributed by atoms with Gasteiger partial charge in [0.05, 0.1) is 5.56 Å². The highest BCUT2D eigenvalue weighted by Crippen LogP contribution is 2.20. The number of anilines is 1. The quantitative estimate of drug-likeness (QED) is 0.428. The van der Waals surface area contributed by atoms with Gasteiger partial charge >= 0.3 is 5.97 Å². The first-order chi connectivity index (χ1) is 15.0. The minimum absolute atomic E-state index is 0.0448. The number of rotatable bonds is 7. The second-order valence-electron chi connectivity index (χ2n) is 6.76. The van der Waals surface area contributed by atoms with Crippen LogP contribution in [0.15, 0.2) is 78.4 Å². The third-order valence-corrected chi connectivity index (χ3v) is 4.57. The lowest BCUT2D eigenvalue weighted by atomic mass is 10.1. The van der Waals surface area contributed by atoms with Crippen LogP contribution in [-0.4, -0.2) is 17.0 Å². The van der Waals surface area contributed by atoms with E-state index in [1.165, 1.54) is 12.1 Å². The molecule has 0 aromatic heterocycles. The smallest absolute Gasteiger partial charge is 0.336 e. The minimum atomic E-state index is -1.02. The van der Waals surface area contributed by atoms with E-state index in [4.69, 9.17) is 4.74 Å². The van der Waals surface area contributed by atoms with Crippen molar-refractivity contribution in [1.29, 1.82) is 5.26 Å². The summed E-state index contributed by atoms with van der Waals surface area (Å²) in [6.45, 7) is 1.95. The SMILES string of the molecule is Cc1ccccc1NC(=O)/C(C#N)=C/c1cccc(OCc2ccccc2C(=O)O)c1. The number of carbonyl (C=O) groups excluding carboxylic acids is 1. The van der Waals surface area contributed by atoms with Gasteiger partial charge in [0, 0.05) is 11.3 Å². The lowest BCUT2D eigenvalue weighted by molar-refractivity contribution is -0.112. The number of para-hydroxylation sites is 1. The summed E-state index contributed by atoms with van der Waals surface area (Å²) in [6, 6.07) is 22.7. The first kappa shape index (κ1) is 21.3. The minimum Gasteiger partial charge on any atom is -0.489 e. The van der Waals surface area contributed by atoms with Gasteiger partial charge in [-0.05, 0) is 48.4 Å². The van der Waals surface area contributed by atoms with Crippen molar-refractivity contribution < 1.29 is 19.4 Å². The molecule has 3 aromatic rings. The van der Waals surface area contributed by atoms with E-state index in [9.17, 15) is 20.0 Å². The van der Waals surface area contributed by atoms with E-state index >= 15 is 0 Å². The highest BCUT2D eigenvalue weighted by molar-refractivity contribution is 6.10. The second-order valence-corrected chi connectivity index (χ2v) is 6.76. The lowest BCUT2D eigenvalue weighted by Crippen LogP contribution is -2.14. The molecular weight excluding hydrogens is 392 g/mol. The summed E-state index contributed by atoms with van der Waals surface area (Å²) in [7, 11) is 0. The number of benzene rings is 3. The van der Waals surface area contributed by atoms with E-state index in [1.807, 2.05) is 31.2 Å². The maximum Gasteiger partial charge on any atom is 0.336 e. The van der Waals surface area contributed by atoms with Crippen molar-refractivity contribution >= 4 is 23.6 Å². The fraction of sp³-hybridized carbons (Fsp3) is 0.0800. The molecule has 0 aliphatic carbocycles. The molecule has 154 valence electrons. The summed E-state index contributed by atoms with van der Waals surface area (Å²) in [4.78, 5) is 23.8. The molecule has 0 saturated heterocycles. The van der Waals surface area contributed by atoms with Crippen molar-refractivity contribution in [3.63, 3.8) is 0 Å². The topological polar surface area (TPSA) is 99.4 Å². The predicted molar refractivity (Wildman–Crippen MR) is 118 cm³/mol. The molecule has 0 unspecified atom stereocenters. The second kappa shape index (κ2) is 9.90.